The molecule has 5 nitrogen and oxygen atoms in total. The van der Waals surface area contributed by atoms with Crippen molar-refractivity contribution in [1.82, 2.24) is 5.32 Å². The van der Waals surface area contributed by atoms with Crippen molar-refractivity contribution in [2.24, 2.45) is 0 Å². The van der Waals surface area contributed by atoms with E-state index in [9.17, 15) is 9.59 Å². The van der Waals surface area contributed by atoms with Gasteiger partial charge < -0.3 is 15.4 Å². The van der Waals surface area contributed by atoms with Gasteiger partial charge in [-0.3, -0.25) is 4.79 Å². The third kappa shape index (κ3) is 4.01. The van der Waals surface area contributed by atoms with Crippen molar-refractivity contribution < 1.29 is 14.3 Å². The lowest BCUT2D eigenvalue weighted by Gasteiger charge is -2.07. The predicted octanol–water partition coefficient (Wildman–Crippen LogP) is 1.67. The Kier molecular flexibility index (Phi) is 5.61. The molecule has 0 aromatic heterocycles. The summed E-state index contributed by atoms with van der Waals surface area (Å²) in [7, 11) is 3.06. The molecule has 0 fully saturated rings. The highest BCUT2D eigenvalue weighted by atomic mass is 35.5. The van der Waals surface area contributed by atoms with Crippen LogP contribution >= 0.6 is 11.6 Å². The van der Waals surface area contributed by atoms with Crippen molar-refractivity contribution in [3.05, 3.63) is 28.8 Å². The first-order valence-corrected chi connectivity index (χ1v) is 5.78. The monoisotopic (exact) mass is 270 g/mol. The summed E-state index contributed by atoms with van der Waals surface area (Å²) in [5.41, 5.74) is 0.821. The van der Waals surface area contributed by atoms with Gasteiger partial charge in [0.1, 0.15) is 0 Å². The molecule has 0 aliphatic heterocycles. The first-order chi connectivity index (χ1) is 8.58. The van der Waals surface area contributed by atoms with Crippen LogP contribution in [0.25, 0.3) is 0 Å². The number of esters is 1. The number of benzene rings is 1. The summed E-state index contributed by atoms with van der Waals surface area (Å²) >= 11 is 5.93. The molecule has 1 rings (SSSR count). The molecule has 2 N–H and O–H groups in total. The van der Waals surface area contributed by atoms with E-state index in [-0.39, 0.29) is 16.5 Å². The van der Waals surface area contributed by atoms with Gasteiger partial charge in [-0.1, -0.05) is 11.6 Å². The Labute approximate surface area is 110 Å². The Morgan fingerprint density at radius 1 is 1.39 bits per heavy atom. The van der Waals surface area contributed by atoms with Gasteiger partial charge >= 0.3 is 5.97 Å². The van der Waals surface area contributed by atoms with Gasteiger partial charge in [0, 0.05) is 18.7 Å². The molecule has 18 heavy (non-hydrogen) atoms. The summed E-state index contributed by atoms with van der Waals surface area (Å²) in [5.74, 6) is -0.626. The van der Waals surface area contributed by atoms with E-state index >= 15 is 0 Å². The van der Waals surface area contributed by atoms with Gasteiger partial charge in [-0.2, -0.15) is 0 Å². The second-order valence-corrected chi connectivity index (χ2v) is 4.00. The van der Waals surface area contributed by atoms with E-state index in [2.05, 4.69) is 15.4 Å². The third-order valence-corrected chi connectivity index (χ3v) is 2.57. The molecule has 0 unspecified atom stereocenters. The Bertz CT molecular complexity index is 449. The molecule has 98 valence electrons. The van der Waals surface area contributed by atoms with Crippen LogP contribution in [-0.4, -0.2) is 32.6 Å². The Morgan fingerprint density at radius 2 is 2.11 bits per heavy atom. The standard InChI is InChI=1S/C12H15ClN2O3/c1-14-6-5-11(16)15-8-3-4-9(10(13)7-8)12(17)18-2/h3-4,7,14H,5-6H2,1-2H3,(H,15,16). The lowest BCUT2D eigenvalue weighted by Crippen LogP contribution is -2.18. The van der Waals surface area contributed by atoms with Gasteiger partial charge in [0.15, 0.2) is 0 Å². The molecule has 0 saturated carbocycles. The van der Waals surface area contributed by atoms with Crippen LogP contribution in [0.5, 0.6) is 0 Å². The molecule has 0 aliphatic rings. The second-order valence-electron chi connectivity index (χ2n) is 3.59. The third-order valence-electron chi connectivity index (χ3n) is 2.26. The van der Waals surface area contributed by atoms with Crippen LogP contribution in [-0.2, 0) is 9.53 Å². The lowest BCUT2D eigenvalue weighted by atomic mass is 10.2. The Balaban J connectivity index is 2.72. The molecule has 0 radical (unpaired) electrons. The van der Waals surface area contributed by atoms with Gasteiger partial charge in [-0.05, 0) is 25.2 Å². The topological polar surface area (TPSA) is 67.4 Å². The minimum atomic E-state index is -0.506. The second kappa shape index (κ2) is 6.98. The average Bonchev–Trinajstić information content (AvgIpc) is 2.35. The summed E-state index contributed by atoms with van der Waals surface area (Å²) in [6.45, 7) is 0.597. The van der Waals surface area contributed by atoms with Crippen molar-refractivity contribution in [3.8, 4) is 0 Å². The summed E-state index contributed by atoms with van der Waals surface area (Å²) in [5, 5.41) is 5.81. The van der Waals surface area contributed by atoms with E-state index in [0.29, 0.717) is 18.7 Å². The minimum absolute atomic E-state index is 0.119. The molecule has 0 saturated heterocycles. The zero-order valence-corrected chi connectivity index (χ0v) is 11.0. The van der Waals surface area contributed by atoms with Gasteiger partial charge in [-0.15, -0.1) is 0 Å². The van der Waals surface area contributed by atoms with Crippen molar-refractivity contribution in [2.45, 2.75) is 6.42 Å². The maximum absolute atomic E-state index is 11.5. The molecule has 0 atom stereocenters. The summed E-state index contributed by atoms with van der Waals surface area (Å²) in [6, 6.07) is 4.64. The van der Waals surface area contributed by atoms with E-state index < -0.39 is 5.97 Å². The normalized spacial score (nSPS) is 9.94. The number of carbonyl (C=O) groups excluding carboxylic acids is 2. The molecule has 1 aromatic carbocycles. The number of carbonyl (C=O) groups is 2. The minimum Gasteiger partial charge on any atom is -0.465 e. The molecule has 0 heterocycles. The quantitative estimate of drug-likeness (QED) is 0.799. The van der Waals surface area contributed by atoms with Crippen molar-refractivity contribution in [1.29, 1.82) is 0 Å². The molecule has 1 aromatic rings. The fraction of sp³-hybridized carbons (Fsp3) is 0.333. The van der Waals surface area contributed by atoms with Crippen LogP contribution in [0.3, 0.4) is 0 Å². The van der Waals surface area contributed by atoms with Crippen LogP contribution in [0.1, 0.15) is 16.8 Å². The Morgan fingerprint density at radius 3 is 2.67 bits per heavy atom. The van der Waals surface area contributed by atoms with Crippen LogP contribution in [0, 0.1) is 0 Å². The van der Waals surface area contributed by atoms with Crippen molar-refractivity contribution in [2.75, 3.05) is 26.0 Å². The molecule has 0 spiro atoms. The number of amides is 1. The van der Waals surface area contributed by atoms with Crippen LogP contribution in [0.4, 0.5) is 5.69 Å². The molecule has 6 heteroatoms. The fourth-order valence-electron chi connectivity index (χ4n) is 1.33. The number of anilines is 1. The van der Waals surface area contributed by atoms with Crippen LogP contribution < -0.4 is 10.6 Å². The van der Waals surface area contributed by atoms with E-state index in [4.69, 9.17) is 11.6 Å². The maximum Gasteiger partial charge on any atom is 0.339 e. The maximum atomic E-state index is 11.5. The summed E-state index contributed by atoms with van der Waals surface area (Å²) in [4.78, 5) is 22.8. The zero-order valence-electron chi connectivity index (χ0n) is 10.2. The lowest BCUT2D eigenvalue weighted by molar-refractivity contribution is -0.116. The van der Waals surface area contributed by atoms with E-state index in [0.717, 1.165) is 0 Å². The number of hydrogen-bond acceptors (Lipinski definition) is 4. The molecular weight excluding hydrogens is 256 g/mol. The highest BCUT2D eigenvalue weighted by molar-refractivity contribution is 6.33. The summed E-state index contributed by atoms with van der Waals surface area (Å²) in [6.07, 6.45) is 0.368. The van der Waals surface area contributed by atoms with Gasteiger partial charge in [0.2, 0.25) is 5.91 Å². The first-order valence-electron chi connectivity index (χ1n) is 5.40. The molecule has 0 bridgehead atoms. The fourth-order valence-corrected chi connectivity index (χ4v) is 1.59. The number of nitrogens with one attached hydrogen (secondary N) is 2. The molecular formula is C12H15ClN2O3. The van der Waals surface area contributed by atoms with E-state index in [1.165, 1.54) is 19.2 Å². The highest BCUT2D eigenvalue weighted by Crippen LogP contribution is 2.21. The van der Waals surface area contributed by atoms with Crippen LogP contribution in [0.2, 0.25) is 5.02 Å². The highest BCUT2D eigenvalue weighted by Gasteiger charge is 2.11. The Hall–Kier alpha value is -1.59. The van der Waals surface area contributed by atoms with Crippen molar-refractivity contribution in [3.63, 3.8) is 0 Å². The SMILES string of the molecule is CNCCC(=O)Nc1ccc(C(=O)OC)c(Cl)c1. The largest absolute Gasteiger partial charge is 0.465 e. The average molecular weight is 271 g/mol. The van der Waals surface area contributed by atoms with Crippen molar-refractivity contribution >= 4 is 29.2 Å². The van der Waals surface area contributed by atoms with Gasteiger partial charge in [0.05, 0.1) is 17.7 Å². The molecule has 1 amide bonds. The van der Waals surface area contributed by atoms with E-state index in [1.807, 2.05) is 0 Å². The predicted molar refractivity (Wildman–Crippen MR) is 70.0 cm³/mol. The first kappa shape index (κ1) is 14.5. The van der Waals surface area contributed by atoms with Gasteiger partial charge in [-0.25, -0.2) is 4.79 Å². The number of methoxy groups -OCH3 is 1. The van der Waals surface area contributed by atoms with E-state index in [1.54, 1.807) is 13.1 Å². The number of rotatable bonds is 5. The zero-order chi connectivity index (χ0) is 13.5. The van der Waals surface area contributed by atoms with Gasteiger partial charge in [0.25, 0.3) is 0 Å². The number of ether oxygens (including phenoxy) is 1. The molecule has 0 aliphatic carbocycles. The van der Waals surface area contributed by atoms with Crippen LogP contribution in [0.15, 0.2) is 18.2 Å². The number of hydrogen-bond donors (Lipinski definition) is 2. The number of halogens is 1. The smallest absolute Gasteiger partial charge is 0.339 e. The summed E-state index contributed by atoms with van der Waals surface area (Å²) < 4.78 is 4.57.